The lowest BCUT2D eigenvalue weighted by molar-refractivity contribution is -0.144. The third kappa shape index (κ3) is 1.17. The van der Waals surface area contributed by atoms with E-state index in [0.29, 0.717) is 18.6 Å². The highest BCUT2D eigenvalue weighted by atomic mass is 16.5. The zero-order valence-corrected chi connectivity index (χ0v) is 8.11. The molecule has 3 aliphatic rings. The van der Waals surface area contributed by atoms with E-state index in [9.17, 15) is 4.79 Å². The molecule has 2 heterocycles. The first-order valence-electron chi connectivity index (χ1n) is 5.25. The first kappa shape index (κ1) is 8.68. The van der Waals surface area contributed by atoms with Gasteiger partial charge in [0, 0.05) is 19.1 Å². The van der Waals surface area contributed by atoms with Gasteiger partial charge >= 0.3 is 5.97 Å². The summed E-state index contributed by atoms with van der Waals surface area (Å²) in [4.78, 5) is 13.2. The number of carboxylic acid groups (broad SMARTS) is 1. The number of hydrogen-bond donors (Lipinski definition) is 1. The van der Waals surface area contributed by atoms with Gasteiger partial charge in [-0.2, -0.15) is 0 Å². The van der Waals surface area contributed by atoms with E-state index in [1.165, 1.54) is 12.8 Å². The number of likely N-dealkylation sites (tertiary alicyclic amines) is 1. The molecule has 2 aliphatic heterocycles. The Bertz CT molecular complexity index is 267. The van der Waals surface area contributed by atoms with E-state index in [4.69, 9.17) is 9.84 Å². The fourth-order valence-corrected chi connectivity index (χ4v) is 2.68. The Hall–Kier alpha value is -0.610. The standard InChI is InChI=1S/C10H15NO3/c12-9(13)7-3-14-4-8(7)11-5-10(6-11)1-2-10/h7-8H,1-6H2,(H,12,13). The molecule has 2 saturated heterocycles. The zero-order valence-electron chi connectivity index (χ0n) is 8.11. The molecule has 1 saturated carbocycles. The molecular weight excluding hydrogens is 182 g/mol. The van der Waals surface area contributed by atoms with Gasteiger partial charge in [-0.1, -0.05) is 0 Å². The lowest BCUT2D eigenvalue weighted by atomic mass is 9.91. The van der Waals surface area contributed by atoms with E-state index in [0.717, 1.165) is 13.1 Å². The molecule has 1 N–H and O–H groups in total. The molecule has 0 bridgehead atoms. The van der Waals surface area contributed by atoms with E-state index in [1.54, 1.807) is 0 Å². The van der Waals surface area contributed by atoms with Crippen LogP contribution in [0, 0.1) is 11.3 Å². The zero-order chi connectivity index (χ0) is 9.76. The van der Waals surface area contributed by atoms with Crippen molar-refractivity contribution < 1.29 is 14.6 Å². The van der Waals surface area contributed by atoms with Crippen LogP contribution in [0.25, 0.3) is 0 Å². The molecule has 2 atom stereocenters. The van der Waals surface area contributed by atoms with Crippen LogP contribution in [-0.2, 0) is 9.53 Å². The summed E-state index contributed by atoms with van der Waals surface area (Å²) in [6.45, 7) is 3.20. The lowest BCUT2D eigenvalue weighted by Gasteiger charge is -2.44. The van der Waals surface area contributed by atoms with Crippen LogP contribution < -0.4 is 0 Å². The van der Waals surface area contributed by atoms with Crippen molar-refractivity contribution in [2.75, 3.05) is 26.3 Å². The molecule has 3 fully saturated rings. The predicted octanol–water partition coefficient (Wildman–Crippen LogP) is 0.182. The molecule has 1 spiro atoms. The van der Waals surface area contributed by atoms with Crippen molar-refractivity contribution in [3.63, 3.8) is 0 Å². The molecule has 3 rings (SSSR count). The largest absolute Gasteiger partial charge is 0.481 e. The molecule has 14 heavy (non-hydrogen) atoms. The maximum absolute atomic E-state index is 10.9. The van der Waals surface area contributed by atoms with Gasteiger partial charge < -0.3 is 9.84 Å². The number of rotatable bonds is 2. The van der Waals surface area contributed by atoms with Crippen molar-refractivity contribution in [2.45, 2.75) is 18.9 Å². The molecule has 0 aromatic rings. The normalized spacial score (nSPS) is 39.7. The van der Waals surface area contributed by atoms with Crippen molar-refractivity contribution in [3.8, 4) is 0 Å². The summed E-state index contributed by atoms with van der Waals surface area (Å²) in [5, 5.41) is 8.99. The van der Waals surface area contributed by atoms with Crippen LogP contribution in [-0.4, -0.2) is 48.3 Å². The summed E-state index contributed by atoms with van der Waals surface area (Å²) < 4.78 is 5.25. The molecular formula is C10H15NO3. The molecule has 0 aromatic heterocycles. The van der Waals surface area contributed by atoms with Crippen molar-refractivity contribution in [1.82, 2.24) is 4.90 Å². The highest BCUT2D eigenvalue weighted by molar-refractivity contribution is 5.71. The number of carbonyl (C=O) groups is 1. The van der Waals surface area contributed by atoms with Crippen molar-refractivity contribution in [2.24, 2.45) is 11.3 Å². The minimum atomic E-state index is -0.704. The molecule has 0 radical (unpaired) electrons. The maximum atomic E-state index is 10.9. The van der Waals surface area contributed by atoms with Gasteiger partial charge in [-0.05, 0) is 18.3 Å². The van der Waals surface area contributed by atoms with E-state index in [2.05, 4.69) is 4.90 Å². The quantitative estimate of drug-likeness (QED) is 0.686. The summed E-state index contributed by atoms with van der Waals surface area (Å²) in [6.07, 6.45) is 2.68. The third-order valence-electron chi connectivity index (χ3n) is 3.87. The molecule has 2 unspecified atom stereocenters. The van der Waals surface area contributed by atoms with Crippen molar-refractivity contribution >= 4 is 5.97 Å². The minimum absolute atomic E-state index is 0.138. The second-order valence-corrected chi connectivity index (χ2v) is 4.95. The first-order chi connectivity index (χ1) is 6.70. The van der Waals surface area contributed by atoms with Gasteiger partial charge in [0.1, 0.15) is 0 Å². The Labute approximate surface area is 82.8 Å². The van der Waals surface area contributed by atoms with Crippen LogP contribution in [0.3, 0.4) is 0 Å². The van der Waals surface area contributed by atoms with E-state index >= 15 is 0 Å². The van der Waals surface area contributed by atoms with E-state index in [1.807, 2.05) is 0 Å². The van der Waals surface area contributed by atoms with Gasteiger partial charge in [0.05, 0.1) is 19.1 Å². The van der Waals surface area contributed by atoms with Crippen molar-refractivity contribution in [3.05, 3.63) is 0 Å². The first-order valence-corrected chi connectivity index (χ1v) is 5.25. The SMILES string of the molecule is O=C(O)C1COCC1N1CC2(CC2)C1. The average Bonchev–Trinajstić information content (AvgIpc) is 2.73. The molecule has 1 aliphatic carbocycles. The average molecular weight is 197 g/mol. The monoisotopic (exact) mass is 197 g/mol. The second-order valence-electron chi connectivity index (χ2n) is 4.95. The molecule has 4 nitrogen and oxygen atoms in total. The van der Waals surface area contributed by atoms with Crippen LogP contribution in [0.2, 0.25) is 0 Å². The Morgan fingerprint density at radius 3 is 2.64 bits per heavy atom. The minimum Gasteiger partial charge on any atom is -0.481 e. The molecule has 78 valence electrons. The summed E-state index contributed by atoms with van der Waals surface area (Å²) in [5.74, 6) is -1.00. The van der Waals surface area contributed by atoms with Crippen LogP contribution in [0.15, 0.2) is 0 Å². The van der Waals surface area contributed by atoms with E-state index in [-0.39, 0.29) is 12.0 Å². The Morgan fingerprint density at radius 2 is 2.07 bits per heavy atom. The summed E-state index contributed by atoms with van der Waals surface area (Å²) in [6, 6.07) is 0.138. The maximum Gasteiger partial charge on any atom is 0.310 e. The number of carboxylic acids is 1. The summed E-state index contributed by atoms with van der Waals surface area (Å²) >= 11 is 0. The van der Waals surface area contributed by atoms with Crippen LogP contribution in [0.1, 0.15) is 12.8 Å². The van der Waals surface area contributed by atoms with Gasteiger partial charge in [-0.3, -0.25) is 9.69 Å². The van der Waals surface area contributed by atoms with Gasteiger partial charge in [0.2, 0.25) is 0 Å². The Balaban J connectivity index is 1.64. The fourth-order valence-electron chi connectivity index (χ4n) is 2.68. The van der Waals surface area contributed by atoms with Crippen LogP contribution in [0.4, 0.5) is 0 Å². The van der Waals surface area contributed by atoms with Crippen LogP contribution >= 0.6 is 0 Å². The highest BCUT2D eigenvalue weighted by Gasteiger charge is 2.55. The lowest BCUT2D eigenvalue weighted by Crippen LogP contribution is -2.56. The molecule has 4 heteroatoms. The van der Waals surface area contributed by atoms with Gasteiger partial charge in [0.15, 0.2) is 0 Å². The Kier molecular flexibility index (Phi) is 1.67. The van der Waals surface area contributed by atoms with E-state index < -0.39 is 5.97 Å². The highest BCUT2D eigenvalue weighted by Crippen LogP contribution is 2.54. The topological polar surface area (TPSA) is 49.8 Å². The Morgan fingerprint density at radius 1 is 1.36 bits per heavy atom. The molecule has 0 aromatic carbocycles. The number of aliphatic carboxylic acids is 1. The van der Waals surface area contributed by atoms with Gasteiger partial charge in [-0.25, -0.2) is 0 Å². The fraction of sp³-hybridized carbons (Fsp3) is 0.900. The van der Waals surface area contributed by atoms with Gasteiger partial charge in [-0.15, -0.1) is 0 Å². The molecule has 0 amide bonds. The smallest absolute Gasteiger partial charge is 0.310 e. The number of ether oxygens (including phenoxy) is 1. The second kappa shape index (κ2) is 2.70. The number of hydrogen-bond acceptors (Lipinski definition) is 3. The number of nitrogens with zero attached hydrogens (tertiary/aromatic N) is 1. The van der Waals surface area contributed by atoms with Gasteiger partial charge in [0.25, 0.3) is 0 Å². The van der Waals surface area contributed by atoms with Crippen molar-refractivity contribution in [1.29, 1.82) is 0 Å². The summed E-state index contributed by atoms with van der Waals surface area (Å²) in [5.41, 5.74) is 0.603. The third-order valence-corrected chi connectivity index (χ3v) is 3.87. The summed E-state index contributed by atoms with van der Waals surface area (Å²) in [7, 11) is 0. The van der Waals surface area contributed by atoms with Crippen LogP contribution in [0.5, 0.6) is 0 Å². The predicted molar refractivity (Wildman–Crippen MR) is 49.0 cm³/mol.